The lowest BCUT2D eigenvalue weighted by Gasteiger charge is -2.32. The van der Waals surface area contributed by atoms with Crippen molar-refractivity contribution in [3.63, 3.8) is 0 Å². The van der Waals surface area contributed by atoms with E-state index < -0.39 is 5.82 Å². The van der Waals surface area contributed by atoms with E-state index in [1.807, 2.05) is 4.90 Å². The maximum Gasteiger partial charge on any atom is 0.254 e. The number of piperazine rings is 1. The van der Waals surface area contributed by atoms with E-state index in [4.69, 9.17) is 0 Å². The van der Waals surface area contributed by atoms with Gasteiger partial charge in [0, 0.05) is 56.4 Å². The topological polar surface area (TPSA) is 35.6 Å². The number of carbonyl (C=O) groups is 1. The Balaban J connectivity index is 1.49. The summed E-state index contributed by atoms with van der Waals surface area (Å²) in [5.41, 5.74) is 2.05. The van der Waals surface area contributed by atoms with E-state index in [-0.39, 0.29) is 11.7 Å². The summed E-state index contributed by atoms with van der Waals surface area (Å²) >= 11 is 0. The van der Waals surface area contributed by atoms with Gasteiger partial charge in [0.25, 0.3) is 5.91 Å². The van der Waals surface area contributed by atoms with Gasteiger partial charge in [0.1, 0.15) is 11.6 Å². The predicted octanol–water partition coefficient (Wildman–Crippen LogP) is 3.06. The second kappa shape index (κ2) is 7.97. The maximum atomic E-state index is 14.8. The molecule has 4 rings (SSSR count). The third kappa shape index (κ3) is 3.80. The van der Waals surface area contributed by atoms with E-state index in [2.05, 4.69) is 10.2 Å². The van der Waals surface area contributed by atoms with Crippen LogP contribution in [-0.4, -0.2) is 61.0 Å². The zero-order valence-electron chi connectivity index (χ0n) is 16.0. The number of nitrogens with zero attached hydrogens (tertiary/aromatic N) is 2. The van der Waals surface area contributed by atoms with Gasteiger partial charge < -0.3 is 10.2 Å². The number of benzene rings is 2. The van der Waals surface area contributed by atoms with Crippen LogP contribution in [-0.2, 0) is 0 Å². The van der Waals surface area contributed by atoms with Crippen molar-refractivity contribution < 1.29 is 13.6 Å². The fourth-order valence-corrected chi connectivity index (χ4v) is 4.25. The Morgan fingerprint density at radius 3 is 2.50 bits per heavy atom. The molecule has 0 aromatic heterocycles. The number of amides is 1. The van der Waals surface area contributed by atoms with Crippen molar-refractivity contribution >= 4 is 5.91 Å². The Kier molecular flexibility index (Phi) is 5.42. The molecule has 2 aliphatic rings. The molecule has 0 spiro atoms. The molecular weight excluding hydrogens is 360 g/mol. The molecule has 1 atom stereocenters. The maximum absolute atomic E-state index is 14.8. The molecule has 2 heterocycles. The Morgan fingerprint density at radius 1 is 1.04 bits per heavy atom. The molecule has 2 fully saturated rings. The normalized spacial score (nSPS) is 20.5. The molecular formula is C22H25F2N3O. The summed E-state index contributed by atoms with van der Waals surface area (Å²) < 4.78 is 28.1. The SMILES string of the molecule is Cc1cc(F)ccc1-c1ccc(C(=O)N2CCC(N3CCNCC3)C2)cc1F. The summed E-state index contributed by atoms with van der Waals surface area (Å²) in [6.45, 7) is 7.13. The van der Waals surface area contributed by atoms with Crippen LogP contribution in [0.2, 0.25) is 0 Å². The molecule has 4 nitrogen and oxygen atoms in total. The quantitative estimate of drug-likeness (QED) is 0.882. The van der Waals surface area contributed by atoms with E-state index in [0.717, 1.165) is 32.6 Å². The highest BCUT2D eigenvalue weighted by atomic mass is 19.1. The van der Waals surface area contributed by atoms with Crippen LogP contribution in [0.1, 0.15) is 22.3 Å². The summed E-state index contributed by atoms with van der Waals surface area (Å²) in [4.78, 5) is 17.1. The van der Waals surface area contributed by atoms with Crippen LogP contribution in [0.25, 0.3) is 11.1 Å². The molecule has 0 bridgehead atoms. The molecule has 1 unspecified atom stereocenters. The van der Waals surface area contributed by atoms with Gasteiger partial charge in [-0.3, -0.25) is 9.69 Å². The van der Waals surface area contributed by atoms with Gasteiger partial charge >= 0.3 is 0 Å². The summed E-state index contributed by atoms with van der Waals surface area (Å²) in [5, 5.41) is 3.35. The van der Waals surface area contributed by atoms with Gasteiger partial charge in [0.2, 0.25) is 0 Å². The van der Waals surface area contributed by atoms with Gasteiger partial charge in [-0.05, 0) is 48.7 Å². The second-order valence-corrected chi connectivity index (χ2v) is 7.63. The molecule has 2 aromatic carbocycles. The lowest BCUT2D eigenvalue weighted by molar-refractivity contribution is 0.0773. The molecule has 2 aromatic rings. The average molecular weight is 385 g/mol. The molecule has 6 heteroatoms. The van der Waals surface area contributed by atoms with Crippen molar-refractivity contribution in [2.45, 2.75) is 19.4 Å². The minimum Gasteiger partial charge on any atom is -0.337 e. The van der Waals surface area contributed by atoms with Gasteiger partial charge in [0.15, 0.2) is 0 Å². The smallest absolute Gasteiger partial charge is 0.254 e. The van der Waals surface area contributed by atoms with Crippen molar-refractivity contribution in [3.8, 4) is 11.1 Å². The molecule has 1 N–H and O–H groups in total. The van der Waals surface area contributed by atoms with Crippen molar-refractivity contribution in [1.82, 2.24) is 15.1 Å². The van der Waals surface area contributed by atoms with Crippen LogP contribution >= 0.6 is 0 Å². The van der Waals surface area contributed by atoms with E-state index in [1.54, 1.807) is 25.1 Å². The Morgan fingerprint density at radius 2 is 1.79 bits per heavy atom. The predicted molar refractivity (Wildman–Crippen MR) is 105 cm³/mol. The first kappa shape index (κ1) is 19.0. The van der Waals surface area contributed by atoms with Crippen LogP contribution < -0.4 is 5.32 Å². The fourth-order valence-electron chi connectivity index (χ4n) is 4.25. The van der Waals surface area contributed by atoms with Gasteiger partial charge in [0.05, 0.1) is 0 Å². The van der Waals surface area contributed by atoms with E-state index in [1.165, 1.54) is 18.2 Å². The number of hydrogen-bond donors (Lipinski definition) is 1. The number of halogens is 2. The number of aryl methyl sites for hydroxylation is 1. The molecule has 28 heavy (non-hydrogen) atoms. The minimum atomic E-state index is -0.460. The van der Waals surface area contributed by atoms with Gasteiger partial charge in [-0.2, -0.15) is 0 Å². The molecule has 0 saturated carbocycles. The van der Waals surface area contributed by atoms with Crippen molar-refractivity contribution in [3.05, 3.63) is 59.2 Å². The van der Waals surface area contributed by atoms with Crippen LogP contribution in [0.4, 0.5) is 8.78 Å². The molecule has 148 valence electrons. The van der Waals surface area contributed by atoms with Crippen molar-refractivity contribution in [2.75, 3.05) is 39.3 Å². The first-order chi connectivity index (χ1) is 13.5. The highest BCUT2D eigenvalue weighted by Gasteiger charge is 2.31. The minimum absolute atomic E-state index is 0.126. The van der Waals surface area contributed by atoms with Gasteiger partial charge in [-0.15, -0.1) is 0 Å². The van der Waals surface area contributed by atoms with E-state index >= 15 is 0 Å². The molecule has 1 amide bonds. The highest BCUT2D eigenvalue weighted by Crippen LogP contribution is 2.28. The fraction of sp³-hybridized carbons (Fsp3) is 0.409. The number of carbonyl (C=O) groups excluding carboxylic acids is 1. The molecule has 0 aliphatic carbocycles. The molecule has 2 aliphatic heterocycles. The first-order valence-electron chi connectivity index (χ1n) is 9.83. The second-order valence-electron chi connectivity index (χ2n) is 7.63. The zero-order valence-corrected chi connectivity index (χ0v) is 16.0. The van der Waals surface area contributed by atoms with Crippen LogP contribution in [0.15, 0.2) is 36.4 Å². The lowest BCUT2D eigenvalue weighted by Crippen LogP contribution is -2.49. The number of nitrogens with one attached hydrogen (secondary N) is 1. The summed E-state index contributed by atoms with van der Waals surface area (Å²) in [6, 6.07) is 9.25. The van der Waals surface area contributed by atoms with E-state index in [9.17, 15) is 13.6 Å². The lowest BCUT2D eigenvalue weighted by atomic mass is 9.98. The summed E-state index contributed by atoms with van der Waals surface area (Å²) in [5.74, 6) is -0.932. The third-order valence-corrected chi connectivity index (χ3v) is 5.81. The van der Waals surface area contributed by atoms with Crippen LogP contribution in [0, 0.1) is 18.6 Å². The van der Waals surface area contributed by atoms with Crippen molar-refractivity contribution in [1.29, 1.82) is 0 Å². The highest BCUT2D eigenvalue weighted by molar-refractivity contribution is 5.95. The summed E-state index contributed by atoms with van der Waals surface area (Å²) in [7, 11) is 0. The van der Waals surface area contributed by atoms with Gasteiger partial charge in [-0.1, -0.05) is 12.1 Å². The monoisotopic (exact) mass is 385 g/mol. The zero-order chi connectivity index (χ0) is 19.7. The number of rotatable bonds is 3. The Hall–Kier alpha value is -2.31. The van der Waals surface area contributed by atoms with Gasteiger partial charge in [-0.25, -0.2) is 8.78 Å². The molecule has 2 saturated heterocycles. The number of hydrogen-bond acceptors (Lipinski definition) is 3. The third-order valence-electron chi connectivity index (χ3n) is 5.81. The average Bonchev–Trinajstić information content (AvgIpc) is 3.19. The van der Waals surface area contributed by atoms with Crippen LogP contribution in [0.3, 0.4) is 0 Å². The van der Waals surface area contributed by atoms with Crippen molar-refractivity contribution in [2.24, 2.45) is 0 Å². The van der Waals surface area contributed by atoms with E-state index in [0.29, 0.717) is 41.4 Å². The molecule has 0 radical (unpaired) electrons. The number of likely N-dealkylation sites (tertiary alicyclic amines) is 1. The largest absolute Gasteiger partial charge is 0.337 e. The van der Waals surface area contributed by atoms with Crippen LogP contribution in [0.5, 0.6) is 0 Å². The standard InChI is InChI=1S/C22H25F2N3O/c1-15-12-17(23)3-5-19(15)20-4-2-16(13-21(20)24)22(28)27-9-6-18(14-27)26-10-7-25-8-11-26/h2-5,12-13,18,25H,6-11,14H2,1H3. The Labute approximate surface area is 164 Å². The Bertz CT molecular complexity index is 880. The summed E-state index contributed by atoms with van der Waals surface area (Å²) in [6.07, 6.45) is 0.959. The first-order valence-corrected chi connectivity index (χ1v) is 9.83.